The first-order chi connectivity index (χ1) is 9.99. The Morgan fingerprint density at radius 1 is 1.29 bits per heavy atom. The molecule has 0 unspecified atom stereocenters. The van der Waals surface area contributed by atoms with Crippen LogP contribution in [0.4, 0.5) is 16.6 Å². The average Bonchev–Trinajstić information content (AvgIpc) is 2.76. The maximum absolute atomic E-state index is 12.3. The van der Waals surface area contributed by atoms with E-state index in [1.165, 1.54) is 11.3 Å². The maximum Gasteiger partial charge on any atom is 0.269 e. The van der Waals surface area contributed by atoms with Crippen LogP contribution in [0.15, 0.2) is 18.2 Å². The summed E-state index contributed by atoms with van der Waals surface area (Å²) in [6.07, 6.45) is 0.990. The molecule has 2 aromatic rings. The van der Waals surface area contributed by atoms with Crippen molar-refractivity contribution in [2.45, 2.75) is 27.2 Å². The first-order valence-corrected chi connectivity index (χ1v) is 7.71. The summed E-state index contributed by atoms with van der Waals surface area (Å²) in [5.74, 6) is 0.0417. The van der Waals surface area contributed by atoms with Crippen LogP contribution in [0, 0.1) is 13.8 Å². The molecule has 21 heavy (non-hydrogen) atoms. The van der Waals surface area contributed by atoms with Crippen LogP contribution in [0.3, 0.4) is 0 Å². The molecule has 0 atom stereocenters. The highest BCUT2D eigenvalue weighted by atomic mass is 32.1. The number of nitrogens with one attached hydrogen (secondary N) is 2. The lowest BCUT2D eigenvalue weighted by atomic mass is 10.1. The van der Waals surface area contributed by atoms with Crippen molar-refractivity contribution in [2.24, 2.45) is 0 Å². The van der Waals surface area contributed by atoms with Gasteiger partial charge in [-0.1, -0.05) is 24.3 Å². The van der Waals surface area contributed by atoms with Crippen molar-refractivity contribution >= 4 is 33.9 Å². The molecule has 1 aromatic carbocycles. The number of rotatable bonds is 5. The minimum Gasteiger partial charge on any atom is -0.382 e. The third kappa shape index (κ3) is 3.95. The van der Waals surface area contributed by atoms with Gasteiger partial charge in [0.1, 0.15) is 10.7 Å². The zero-order valence-electron chi connectivity index (χ0n) is 12.5. The minimum absolute atomic E-state index is 0.223. The summed E-state index contributed by atoms with van der Waals surface area (Å²) < 4.78 is 0. The molecule has 5 nitrogen and oxygen atoms in total. The SMILES string of the molecule is CCCNc1nc(N)c(C(=O)Nc2cc(C)cc(C)c2)s1. The molecular formula is C15H20N4OS. The average molecular weight is 304 g/mol. The Morgan fingerprint density at radius 2 is 1.95 bits per heavy atom. The summed E-state index contributed by atoms with van der Waals surface area (Å²) in [5, 5.41) is 6.69. The van der Waals surface area contributed by atoms with Gasteiger partial charge in [0.2, 0.25) is 0 Å². The molecule has 1 amide bonds. The van der Waals surface area contributed by atoms with E-state index in [4.69, 9.17) is 5.73 Å². The number of thiazole rings is 1. The zero-order valence-corrected chi connectivity index (χ0v) is 13.3. The number of hydrogen-bond acceptors (Lipinski definition) is 5. The van der Waals surface area contributed by atoms with Crippen LogP contribution in [-0.2, 0) is 0 Å². The lowest BCUT2D eigenvalue weighted by Gasteiger charge is -2.06. The normalized spacial score (nSPS) is 10.4. The number of nitrogens with zero attached hydrogens (tertiary/aromatic N) is 1. The van der Waals surface area contributed by atoms with Crippen LogP contribution in [0.2, 0.25) is 0 Å². The lowest BCUT2D eigenvalue weighted by molar-refractivity contribution is 0.103. The van der Waals surface area contributed by atoms with Gasteiger partial charge in [-0.05, 0) is 43.5 Å². The maximum atomic E-state index is 12.3. The predicted molar refractivity (Wildman–Crippen MR) is 89.2 cm³/mol. The number of carbonyl (C=O) groups excluding carboxylic acids is 1. The summed E-state index contributed by atoms with van der Waals surface area (Å²) in [5.41, 5.74) is 8.81. The summed E-state index contributed by atoms with van der Waals surface area (Å²) >= 11 is 1.28. The van der Waals surface area contributed by atoms with Crippen LogP contribution in [0.25, 0.3) is 0 Å². The first kappa shape index (κ1) is 15.3. The van der Waals surface area contributed by atoms with Gasteiger partial charge in [0, 0.05) is 12.2 Å². The van der Waals surface area contributed by atoms with E-state index < -0.39 is 0 Å². The fraction of sp³-hybridized carbons (Fsp3) is 0.333. The number of nitrogens with two attached hydrogens (primary N) is 1. The van der Waals surface area contributed by atoms with E-state index in [1.807, 2.05) is 26.0 Å². The van der Waals surface area contributed by atoms with Gasteiger partial charge >= 0.3 is 0 Å². The molecule has 1 aromatic heterocycles. The van der Waals surface area contributed by atoms with Gasteiger partial charge in [-0.15, -0.1) is 0 Å². The first-order valence-electron chi connectivity index (χ1n) is 6.89. The van der Waals surface area contributed by atoms with Gasteiger partial charge in [-0.2, -0.15) is 0 Å². The predicted octanol–water partition coefficient (Wildman–Crippen LogP) is 3.42. The van der Waals surface area contributed by atoms with E-state index in [0.29, 0.717) is 10.0 Å². The Bertz CT molecular complexity index is 631. The van der Waals surface area contributed by atoms with E-state index in [0.717, 1.165) is 29.8 Å². The highest BCUT2D eigenvalue weighted by molar-refractivity contribution is 7.18. The fourth-order valence-corrected chi connectivity index (χ4v) is 2.84. The number of anilines is 3. The minimum atomic E-state index is -0.223. The molecule has 6 heteroatoms. The Labute approximate surface area is 128 Å². The van der Waals surface area contributed by atoms with Gasteiger partial charge in [0.25, 0.3) is 5.91 Å². The summed E-state index contributed by atoms with van der Waals surface area (Å²) in [6.45, 7) is 6.87. The van der Waals surface area contributed by atoms with Gasteiger partial charge in [-0.3, -0.25) is 4.79 Å². The third-order valence-corrected chi connectivity index (χ3v) is 3.89. The highest BCUT2D eigenvalue weighted by Crippen LogP contribution is 2.26. The molecule has 1 heterocycles. The number of amides is 1. The van der Waals surface area contributed by atoms with Gasteiger partial charge < -0.3 is 16.4 Å². The van der Waals surface area contributed by atoms with E-state index in [2.05, 4.69) is 28.6 Å². The Morgan fingerprint density at radius 3 is 2.57 bits per heavy atom. The van der Waals surface area contributed by atoms with Crippen LogP contribution < -0.4 is 16.4 Å². The van der Waals surface area contributed by atoms with Crippen LogP contribution in [0.5, 0.6) is 0 Å². The third-order valence-electron chi connectivity index (χ3n) is 2.87. The molecule has 0 aliphatic carbocycles. The van der Waals surface area contributed by atoms with Crippen LogP contribution >= 0.6 is 11.3 Å². The summed E-state index contributed by atoms with van der Waals surface area (Å²) in [6, 6.07) is 5.92. The Hall–Kier alpha value is -2.08. The topological polar surface area (TPSA) is 80.0 Å². The van der Waals surface area contributed by atoms with E-state index in [-0.39, 0.29) is 11.7 Å². The second-order valence-corrected chi connectivity index (χ2v) is 5.99. The van der Waals surface area contributed by atoms with Crippen molar-refractivity contribution in [3.63, 3.8) is 0 Å². The van der Waals surface area contributed by atoms with Crippen LogP contribution in [0.1, 0.15) is 34.1 Å². The summed E-state index contributed by atoms with van der Waals surface area (Å²) in [4.78, 5) is 16.9. The van der Waals surface area contributed by atoms with Gasteiger partial charge in [0.15, 0.2) is 5.13 Å². The molecule has 0 fully saturated rings. The summed E-state index contributed by atoms with van der Waals surface area (Å²) in [7, 11) is 0. The van der Waals surface area contributed by atoms with E-state index >= 15 is 0 Å². The molecule has 0 aliphatic rings. The van der Waals surface area contributed by atoms with Crippen molar-refractivity contribution in [2.75, 3.05) is 22.9 Å². The lowest BCUT2D eigenvalue weighted by Crippen LogP contribution is -2.12. The van der Waals surface area contributed by atoms with Crippen molar-refractivity contribution in [1.29, 1.82) is 0 Å². The van der Waals surface area contributed by atoms with Crippen molar-refractivity contribution in [3.8, 4) is 0 Å². The molecule has 112 valence electrons. The number of carbonyl (C=O) groups is 1. The highest BCUT2D eigenvalue weighted by Gasteiger charge is 2.16. The Balaban J connectivity index is 2.14. The molecule has 0 bridgehead atoms. The second kappa shape index (κ2) is 6.58. The van der Waals surface area contributed by atoms with Crippen molar-refractivity contribution < 1.29 is 4.79 Å². The second-order valence-electron chi connectivity index (χ2n) is 4.99. The molecule has 0 saturated carbocycles. The smallest absolute Gasteiger partial charge is 0.269 e. The van der Waals surface area contributed by atoms with Crippen molar-refractivity contribution in [1.82, 2.24) is 4.98 Å². The van der Waals surface area contributed by atoms with Gasteiger partial charge in [0.05, 0.1) is 0 Å². The zero-order chi connectivity index (χ0) is 15.4. The standard InChI is InChI=1S/C15H20N4OS/c1-4-5-17-15-19-13(16)12(21-15)14(20)18-11-7-9(2)6-10(3)8-11/h6-8H,4-5,16H2,1-3H3,(H,17,19)(H,18,20). The number of nitrogen functional groups attached to an aromatic ring is 1. The largest absolute Gasteiger partial charge is 0.382 e. The number of aryl methyl sites for hydroxylation is 2. The molecule has 0 saturated heterocycles. The number of aromatic nitrogens is 1. The van der Waals surface area contributed by atoms with Crippen LogP contribution in [-0.4, -0.2) is 17.4 Å². The molecule has 0 spiro atoms. The molecule has 4 N–H and O–H groups in total. The van der Waals surface area contributed by atoms with Crippen molar-refractivity contribution in [3.05, 3.63) is 34.2 Å². The monoisotopic (exact) mass is 304 g/mol. The van der Waals surface area contributed by atoms with Gasteiger partial charge in [-0.25, -0.2) is 4.98 Å². The molecule has 0 aliphatic heterocycles. The molecule has 2 rings (SSSR count). The van der Waals surface area contributed by atoms with E-state index in [9.17, 15) is 4.79 Å². The number of benzene rings is 1. The number of hydrogen-bond donors (Lipinski definition) is 3. The van der Waals surface area contributed by atoms with E-state index in [1.54, 1.807) is 0 Å². The Kier molecular flexibility index (Phi) is 4.80. The molecular weight excluding hydrogens is 284 g/mol. The molecule has 0 radical (unpaired) electrons. The fourth-order valence-electron chi connectivity index (χ4n) is 2.04. The quantitative estimate of drug-likeness (QED) is 0.790.